The van der Waals surface area contributed by atoms with Crippen LogP contribution in [0.25, 0.3) is 10.6 Å². The van der Waals surface area contributed by atoms with Crippen molar-refractivity contribution in [3.63, 3.8) is 0 Å². The van der Waals surface area contributed by atoms with Gasteiger partial charge < -0.3 is 0 Å². The molecule has 2 aromatic heterocycles. The van der Waals surface area contributed by atoms with E-state index in [1.54, 1.807) is 6.07 Å². The third-order valence-corrected chi connectivity index (χ3v) is 4.91. The van der Waals surface area contributed by atoms with Crippen molar-refractivity contribution in [3.05, 3.63) is 30.0 Å². The number of nitrogens with zero attached hydrogens (tertiary/aromatic N) is 3. The standard InChI is InChI=1S/C10H6FN3O2S2/c1-18(15,16)10-8(3-12)14-9(17-10)6-2-7(11)5-13-4-6/h2,4-5H,1H3. The van der Waals surface area contributed by atoms with Crippen LogP contribution in [0, 0.1) is 17.1 Å². The summed E-state index contributed by atoms with van der Waals surface area (Å²) in [7, 11) is -3.52. The van der Waals surface area contributed by atoms with Crippen LogP contribution in [0.4, 0.5) is 4.39 Å². The second kappa shape index (κ2) is 4.44. The maximum atomic E-state index is 13.0. The normalized spacial score (nSPS) is 11.2. The number of hydrogen-bond donors (Lipinski definition) is 0. The molecule has 0 fully saturated rings. The van der Waals surface area contributed by atoms with Crippen LogP contribution in [0.1, 0.15) is 5.69 Å². The highest BCUT2D eigenvalue weighted by molar-refractivity contribution is 7.92. The van der Waals surface area contributed by atoms with Crippen molar-refractivity contribution in [3.8, 4) is 16.6 Å². The van der Waals surface area contributed by atoms with Crippen molar-refractivity contribution in [2.45, 2.75) is 4.21 Å². The molecule has 0 amide bonds. The quantitative estimate of drug-likeness (QED) is 0.836. The van der Waals surface area contributed by atoms with Crippen molar-refractivity contribution in [2.24, 2.45) is 0 Å². The molecule has 0 atom stereocenters. The molecular formula is C10H6FN3O2S2. The van der Waals surface area contributed by atoms with E-state index in [0.29, 0.717) is 5.56 Å². The van der Waals surface area contributed by atoms with E-state index in [9.17, 15) is 12.8 Å². The SMILES string of the molecule is CS(=O)(=O)c1sc(-c2cncc(F)c2)nc1C#N. The van der Waals surface area contributed by atoms with Gasteiger partial charge in [-0.1, -0.05) is 0 Å². The Bertz CT molecular complexity index is 747. The van der Waals surface area contributed by atoms with Gasteiger partial charge in [0.2, 0.25) is 0 Å². The first-order valence-corrected chi connectivity index (χ1v) is 7.34. The summed E-state index contributed by atoms with van der Waals surface area (Å²) in [4.78, 5) is 7.52. The van der Waals surface area contributed by atoms with Crippen molar-refractivity contribution in [2.75, 3.05) is 6.26 Å². The molecule has 2 aromatic rings. The molecule has 0 aliphatic heterocycles. The fraction of sp³-hybridized carbons (Fsp3) is 0.100. The molecule has 5 nitrogen and oxygen atoms in total. The lowest BCUT2D eigenvalue weighted by atomic mass is 10.3. The number of rotatable bonds is 2. The first-order valence-electron chi connectivity index (χ1n) is 4.63. The molecule has 0 saturated carbocycles. The van der Waals surface area contributed by atoms with Gasteiger partial charge in [0.1, 0.15) is 16.9 Å². The third-order valence-electron chi connectivity index (χ3n) is 1.99. The Morgan fingerprint density at radius 1 is 1.44 bits per heavy atom. The maximum Gasteiger partial charge on any atom is 0.187 e. The van der Waals surface area contributed by atoms with E-state index < -0.39 is 15.7 Å². The summed E-state index contributed by atoms with van der Waals surface area (Å²) in [5.74, 6) is -0.554. The largest absolute Gasteiger partial charge is 0.261 e. The summed E-state index contributed by atoms with van der Waals surface area (Å²) in [6.45, 7) is 0. The minimum Gasteiger partial charge on any atom is -0.261 e. The molecule has 0 radical (unpaired) electrons. The summed E-state index contributed by atoms with van der Waals surface area (Å²) in [5, 5.41) is 9.09. The van der Waals surface area contributed by atoms with Crippen LogP contribution in [0.2, 0.25) is 0 Å². The minimum absolute atomic E-state index is 0.121. The zero-order valence-electron chi connectivity index (χ0n) is 9.08. The smallest absolute Gasteiger partial charge is 0.187 e. The van der Waals surface area contributed by atoms with Crippen LogP contribution in [-0.2, 0) is 9.84 Å². The highest BCUT2D eigenvalue weighted by atomic mass is 32.2. The number of thiazole rings is 1. The van der Waals surface area contributed by atoms with Crippen molar-refractivity contribution < 1.29 is 12.8 Å². The van der Waals surface area contributed by atoms with Crippen LogP contribution < -0.4 is 0 Å². The van der Waals surface area contributed by atoms with Crippen LogP contribution >= 0.6 is 11.3 Å². The van der Waals surface area contributed by atoms with Crippen molar-refractivity contribution >= 4 is 21.2 Å². The topological polar surface area (TPSA) is 83.7 Å². The average Bonchev–Trinajstić information content (AvgIpc) is 2.72. The predicted molar refractivity (Wildman–Crippen MR) is 63.1 cm³/mol. The number of aromatic nitrogens is 2. The summed E-state index contributed by atoms with van der Waals surface area (Å²) in [6.07, 6.45) is 3.38. The Balaban J connectivity index is 2.63. The van der Waals surface area contributed by atoms with Gasteiger partial charge in [0.15, 0.2) is 19.7 Å². The average molecular weight is 283 g/mol. The van der Waals surface area contributed by atoms with Gasteiger partial charge in [0, 0.05) is 18.0 Å². The highest BCUT2D eigenvalue weighted by Gasteiger charge is 2.20. The molecule has 0 aliphatic carbocycles. The molecular weight excluding hydrogens is 277 g/mol. The van der Waals surface area contributed by atoms with Gasteiger partial charge in [-0.25, -0.2) is 17.8 Å². The summed E-state index contributed by atoms with van der Waals surface area (Å²) in [5.41, 5.74) is 0.160. The Kier molecular flexibility index (Phi) is 3.11. The van der Waals surface area contributed by atoms with Gasteiger partial charge in [-0.2, -0.15) is 5.26 Å². The molecule has 8 heteroatoms. The molecule has 0 aliphatic rings. The zero-order chi connectivity index (χ0) is 13.3. The number of halogens is 1. The van der Waals surface area contributed by atoms with Crippen LogP contribution in [0.15, 0.2) is 22.7 Å². The minimum atomic E-state index is -3.52. The first-order chi connectivity index (χ1) is 8.41. The van der Waals surface area contributed by atoms with Crippen LogP contribution in [0.3, 0.4) is 0 Å². The Labute approximate surface area is 106 Å². The lowest BCUT2D eigenvalue weighted by Crippen LogP contribution is -1.96. The maximum absolute atomic E-state index is 13.0. The van der Waals surface area contributed by atoms with Gasteiger partial charge in [-0.15, -0.1) is 11.3 Å². The molecule has 0 N–H and O–H groups in total. The Hall–Kier alpha value is -1.85. The van der Waals surface area contributed by atoms with E-state index >= 15 is 0 Å². The van der Waals surface area contributed by atoms with E-state index in [-0.39, 0.29) is 14.9 Å². The Morgan fingerprint density at radius 3 is 2.67 bits per heavy atom. The fourth-order valence-corrected chi connectivity index (χ4v) is 3.30. The fourth-order valence-electron chi connectivity index (χ4n) is 1.28. The summed E-state index contributed by atoms with van der Waals surface area (Å²) >= 11 is 0.825. The van der Waals surface area contributed by atoms with E-state index in [1.165, 1.54) is 12.3 Å². The van der Waals surface area contributed by atoms with Crippen LogP contribution in [-0.4, -0.2) is 24.6 Å². The molecule has 0 unspecified atom stereocenters. The van der Waals surface area contributed by atoms with Crippen LogP contribution in [0.5, 0.6) is 0 Å². The summed E-state index contributed by atoms with van der Waals surface area (Å²) < 4.78 is 35.8. The molecule has 2 heterocycles. The third kappa shape index (κ3) is 2.37. The van der Waals surface area contributed by atoms with Gasteiger partial charge in [0.05, 0.1) is 6.20 Å². The van der Waals surface area contributed by atoms with Crippen molar-refractivity contribution in [1.29, 1.82) is 5.26 Å². The molecule has 0 spiro atoms. The van der Waals surface area contributed by atoms with Crippen molar-refractivity contribution in [1.82, 2.24) is 9.97 Å². The monoisotopic (exact) mass is 283 g/mol. The van der Waals surface area contributed by atoms with E-state index in [4.69, 9.17) is 5.26 Å². The zero-order valence-corrected chi connectivity index (χ0v) is 10.7. The lowest BCUT2D eigenvalue weighted by Gasteiger charge is -1.94. The predicted octanol–water partition coefficient (Wildman–Crippen LogP) is 1.62. The second-order valence-electron chi connectivity index (χ2n) is 3.43. The number of nitriles is 1. The van der Waals surface area contributed by atoms with Gasteiger partial charge in [-0.05, 0) is 6.07 Å². The van der Waals surface area contributed by atoms with E-state index in [2.05, 4.69) is 9.97 Å². The van der Waals surface area contributed by atoms with Gasteiger partial charge in [0.25, 0.3) is 0 Å². The molecule has 0 bridgehead atoms. The first kappa shape index (κ1) is 12.6. The molecule has 0 saturated heterocycles. The van der Waals surface area contributed by atoms with E-state index in [0.717, 1.165) is 23.8 Å². The molecule has 18 heavy (non-hydrogen) atoms. The second-order valence-corrected chi connectivity index (χ2v) is 6.64. The molecule has 2 rings (SSSR count). The number of hydrogen-bond acceptors (Lipinski definition) is 6. The molecule has 92 valence electrons. The number of sulfone groups is 1. The van der Waals surface area contributed by atoms with Gasteiger partial charge in [-0.3, -0.25) is 4.98 Å². The summed E-state index contributed by atoms with van der Waals surface area (Å²) in [6, 6.07) is 2.89. The Morgan fingerprint density at radius 2 is 2.17 bits per heavy atom. The lowest BCUT2D eigenvalue weighted by molar-refractivity contribution is 0.603. The van der Waals surface area contributed by atoms with E-state index in [1.807, 2.05) is 0 Å². The number of pyridine rings is 1. The highest BCUT2D eigenvalue weighted by Crippen LogP contribution is 2.30. The molecule has 0 aromatic carbocycles. The van der Waals surface area contributed by atoms with Gasteiger partial charge >= 0.3 is 0 Å².